The normalized spacial score (nSPS) is 13.4. The lowest BCUT2D eigenvalue weighted by atomic mass is 10.1. The van der Waals surface area contributed by atoms with Crippen LogP contribution in [0.15, 0.2) is 40.9 Å². The second kappa shape index (κ2) is 8.46. The summed E-state index contributed by atoms with van der Waals surface area (Å²) in [5.74, 6) is -0.384. The zero-order valence-electron chi connectivity index (χ0n) is 14.3. The summed E-state index contributed by atoms with van der Waals surface area (Å²) in [4.78, 5) is 13.8. The lowest BCUT2D eigenvalue weighted by molar-refractivity contribution is -0.118. The predicted octanol–water partition coefficient (Wildman–Crippen LogP) is 4.59. The molecule has 0 aliphatic carbocycles. The number of nitriles is 1. The Bertz CT molecular complexity index is 927. The minimum absolute atomic E-state index is 0.00514. The van der Waals surface area contributed by atoms with Crippen molar-refractivity contribution in [3.63, 3.8) is 0 Å². The SMILES string of the molecule is N#CCN1C(=O)CCCc2cc(Br)c(NC(=S)Nc3ccc(F)cc3)cc21. The van der Waals surface area contributed by atoms with Gasteiger partial charge in [-0.15, -0.1) is 0 Å². The molecule has 1 amide bonds. The van der Waals surface area contributed by atoms with Crippen molar-refractivity contribution in [1.82, 2.24) is 0 Å². The fourth-order valence-electron chi connectivity index (χ4n) is 2.91. The van der Waals surface area contributed by atoms with Gasteiger partial charge < -0.3 is 10.6 Å². The number of benzene rings is 2. The molecule has 2 N–H and O–H groups in total. The molecule has 0 aromatic heterocycles. The fraction of sp³-hybridized carbons (Fsp3) is 0.211. The molecule has 1 heterocycles. The Morgan fingerprint density at radius 2 is 2.00 bits per heavy atom. The molecule has 1 aliphatic rings. The third kappa shape index (κ3) is 4.62. The molecule has 5 nitrogen and oxygen atoms in total. The maximum absolute atomic E-state index is 13.0. The molecule has 0 saturated carbocycles. The molecule has 1 aliphatic heterocycles. The van der Waals surface area contributed by atoms with Gasteiger partial charge in [0.05, 0.1) is 17.4 Å². The number of amides is 1. The van der Waals surface area contributed by atoms with E-state index in [0.29, 0.717) is 28.6 Å². The monoisotopic (exact) mass is 446 g/mol. The quantitative estimate of drug-likeness (QED) is 0.532. The van der Waals surface area contributed by atoms with Gasteiger partial charge in [0.15, 0.2) is 5.11 Å². The van der Waals surface area contributed by atoms with E-state index in [2.05, 4.69) is 32.6 Å². The summed E-state index contributed by atoms with van der Waals surface area (Å²) in [5.41, 5.74) is 3.05. The van der Waals surface area contributed by atoms with Gasteiger partial charge in [-0.05, 0) is 83.0 Å². The van der Waals surface area contributed by atoms with Crippen LogP contribution in [0.5, 0.6) is 0 Å². The number of thiocarbonyl (C=S) groups is 1. The summed E-state index contributed by atoms with van der Waals surface area (Å²) in [5, 5.41) is 15.5. The van der Waals surface area contributed by atoms with E-state index in [9.17, 15) is 9.18 Å². The van der Waals surface area contributed by atoms with Crippen LogP contribution in [0.1, 0.15) is 18.4 Å². The topological polar surface area (TPSA) is 68.2 Å². The van der Waals surface area contributed by atoms with E-state index < -0.39 is 0 Å². The highest BCUT2D eigenvalue weighted by Crippen LogP contribution is 2.35. The summed E-state index contributed by atoms with van der Waals surface area (Å²) < 4.78 is 13.8. The smallest absolute Gasteiger partial charge is 0.227 e. The maximum Gasteiger partial charge on any atom is 0.227 e. The van der Waals surface area contributed by atoms with Crippen molar-refractivity contribution < 1.29 is 9.18 Å². The van der Waals surface area contributed by atoms with Gasteiger partial charge in [0, 0.05) is 16.6 Å². The van der Waals surface area contributed by atoms with Crippen molar-refractivity contribution in [3.05, 3.63) is 52.3 Å². The number of hydrogen-bond acceptors (Lipinski definition) is 3. The van der Waals surface area contributed by atoms with Crippen LogP contribution in [-0.4, -0.2) is 17.6 Å². The molecule has 138 valence electrons. The Kier molecular flexibility index (Phi) is 6.04. The first-order chi connectivity index (χ1) is 13.0. The highest BCUT2D eigenvalue weighted by Gasteiger charge is 2.23. The van der Waals surface area contributed by atoms with Crippen LogP contribution < -0.4 is 15.5 Å². The molecule has 0 atom stereocenters. The van der Waals surface area contributed by atoms with E-state index in [4.69, 9.17) is 17.5 Å². The van der Waals surface area contributed by atoms with E-state index in [1.165, 1.54) is 17.0 Å². The molecule has 8 heteroatoms. The van der Waals surface area contributed by atoms with Gasteiger partial charge in [-0.3, -0.25) is 9.69 Å². The molecular weight excluding hydrogens is 431 g/mol. The highest BCUT2D eigenvalue weighted by atomic mass is 79.9. The number of halogens is 2. The van der Waals surface area contributed by atoms with Crippen LogP contribution in [0.2, 0.25) is 0 Å². The van der Waals surface area contributed by atoms with Crippen molar-refractivity contribution in [2.75, 3.05) is 22.1 Å². The van der Waals surface area contributed by atoms with Crippen molar-refractivity contribution in [1.29, 1.82) is 5.26 Å². The molecule has 0 spiro atoms. The van der Waals surface area contributed by atoms with E-state index in [1.807, 2.05) is 12.1 Å². The molecule has 0 unspecified atom stereocenters. The standard InChI is InChI=1S/C19H16BrFN4OS/c20-15-10-12-2-1-3-18(26)25(9-8-22)17(12)11-16(15)24-19(27)23-14-6-4-13(21)5-7-14/h4-7,10-11H,1-3,9H2,(H2,23,24,27). The Hall–Kier alpha value is -2.50. The average Bonchev–Trinajstić information content (AvgIpc) is 2.77. The van der Waals surface area contributed by atoms with Gasteiger partial charge in [-0.25, -0.2) is 4.39 Å². The summed E-state index contributed by atoms with van der Waals surface area (Å²) in [7, 11) is 0. The number of nitrogens with zero attached hydrogens (tertiary/aromatic N) is 2. The molecule has 0 bridgehead atoms. The van der Waals surface area contributed by atoms with Gasteiger partial charge in [-0.1, -0.05) is 0 Å². The first kappa shape index (κ1) is 19.3. The zero-order valence-corrected chi connectivity index (χ0v) is 16.7. The van der Waals surface area contributed by atoms with Gasteiger partial charge in [0.1, 0.15) is 12.4 Å². The average molecular weight is 447 g/mol. The lowest BCUT2D eigenvalue weighted by Gasteiger charge is -2.22. The van der Waals surface area contributed by atoms with Gasteiger partial charge >= 0.3 is 0 Å². The van der Waals surface area contributed by atoms with E-state index in [0.717, 1.165) is 22.9 Å². The highest BCUT2D eigenvalue weighted by molar-refractivity contribution is 9.10. The van der Waals surface area contributed by atoms with Crippen LogP contribution in [0.4, 0.5) is 21.5 Å². The Labute approximate surface area is 170 Å². The largest absolute Gasteiger partial charge is 0.332 e. The lowest BCUT2D eigenvalue weighted by Crippen LogP contribution is -2.30. The molecule has 3 rings (SSSR count). The second-order valence-electron chi connectivity index (χ2n) is 6.04. The van der Waals surface area contributed by atoms with E-state index in [1.54, 1.807) is 12.1 Å². The number of carbonyl (C=O) groups is 1. The molecular formula is C19H16BrFN4OS. The number of rotatable bonds is 3. The van der Waals surface area contributed by atoms with Crippen LogP contribution in [0.3, 0.4) is 0 Å². The van der Waals surface area contributed by atoms with E-state index >= 15 is 0 Å². The van der Waals surface area contributed by atoms with Crippen molar-refractivity contribution in [2.24, 2.45) is 0 Å². The summed E-state index contributed by atoms with van der Waals surface area (Å²) in [6.07, 6.45) is 1.93. The van der Waals surface area contributed by atoms with Gasteiger partial charge in [0.25, 0.3) is 0 Å². The van der Waals surface area contributed by atoms with E-state index in [-0.39, 0.29) is 18.3 Å². The second-order valence-corrected chi connectivity index (χ2v) is 7.30. The molecule has 27 heavy (non-hydrogen) atoms. The Morgan fingerprint density at radius 3 is 2.70 bits per heavy atom. The maximum atomic E-state index is 13.0. The van der Waals surface area contributed by atoms with Crippen LogP contribution in [0, 0.1) is 17.1 Å². The summed E-state index contributed by atoms with van der Waals surface area (Å²) in [6.45, 7) is 0.00514. The molecule has 2 aromatic rings. The minimum Gasteiger partial charge on any atom is -0.332 e. The Morgan fingerprint density at radius 1 is 1.26 bits per heavy atom. The Balaban J connectivity index is 1.84. The van der Waals surface area contributed by atoms with Crippen molar-refractivity contribution >= 4 is 56.2 Å². The minimum atomic E-state index is -0.324. The van der Waals surface area contributed by atoms with Crippen LogP contribution in [0.25, 0.3) is 0 Å². The number of hydrogen-bond donors (Lipinski definition) is 2. The fourth-order valence-corrected chi connectivity index (χ4v) is 3.63. The third-order valence-electron chi connectivity index (χ3n) is 4.18. The zero-order chi connectivity index (χ0) is 19.4. The van der Waals surface area contributed by atoms with Crippen LogP contribution >= 0.6 is 28.1 Å². The van der Waals surface area contributed by atoms with Crippen molar-refractivity contribution in [3.8, 4) is 6.07 Å². The predicted molar refractivity (Wildman–Crippen MR) is 111 cm³/mol. The third-order valence-corrected chi connectivity index (χ3v) is 5.04. The first-order valence-electron chi connectivity index (χ1n) is 8.31. The van der Waals surface area contributed by atoms with Crippen molar-refractivity contribution in [2.45, 2.75) is 19.3 Å². The molecule has 2 aromatic carbocycles. The summed E-state index contributed by atoms with van der Waals surface area (Å²) in [6, 6.07) is 11.7. The van der Waals surface area contributed by atoms with Gasteiger partial charge in [0.2, 0.25) is 5.91 Å². The molecule has 0 radical (unpaired) electrons. The number of anilines is 3. The first-order valence-corrected chi connectivity index (χ1v) is 9.51. The number of carbonyl (C=O) groups excluding carboxylic acids is 1. The summed E-state index contributed by atoms with van der Waals surface area (Å²) >= 11 is 8.86. The number of aryl methyl sites for hydroxylation is 1. The van der Waals surface area contributed by atoms with Crippen LogP contribution in [-0.2, 0) is 11.2 Å². The van der Waals surface area contributed by atoms with Gasteiger partial charge in [-0.2, -0.15) is 5.26 Å². The number of nitrogens with one attached hydrogen (secondary N) is 2. The molecule has 0 saturated heterocycles. The molecule has 0 fully saturated rings. The number of fused-ring (bicyclic) bond motifs is 1.